The lowest BCUT2D eigenvalue weighted by molar-refractivity contribution is -0.891. The summed E-state index contributed by atoms with van der Waals surface area (Å²) in [6.45, 7) is 5.75. The van der Waals surface area contributed by atoms with Crippen LogP contribution in [0.2, 0.25) is 0 Å². The molecule has 1 unspecified atom stereocenters. The van der Waals surface area contributed by atoms with Crippen LogP contribution in [0.25, 0.3) is 0 Å². The molecule has 0 aromatic rings. The van der Waals surface area contributed by atoms with Gasteiger partial charge in [0.1, 0.15) is 12.6 Å². The van der Waals surface area contributed by atoms with Crippen molar-refractivity contribution in [1.29, 1.82) is 0 Å². The Morgan fingerprint density at radius 2 is 1.92 bits per heavy atom. The van der Waals surface area contributed by atoms with Gasteiger partial charge in [-0.15, -0.1) is 0 Å². The molecule has 1 heterocycles. The molecular formula is C10H22ClNO. The van der Waals surface area contributed by atoms with Crippen LogP contribution in [-0.4, -0.2) is 44.4 Å². The highest BCUT2D eigenvalue weighted by Crippen LogP contribution is 2.14. The van der Waals surface area contributed by atoms with Gasteiger partial charge in [0, 0.05) is 0 Å². The van der Waals surface area contributed by atoms with E-state index in [1.54, 1.807) is 0 Å². The molecule has 1 fully saturated rings. The van der Waals surface area contributed by atoms with Gasteiger partial charge in [-0.1, -0.05) is 13.3 Å². The molecule has 1 aliphatic heterocycles. The van der Waals surface area contributed by atoms with Crippen LogP contribution in [0.15, 0.2) is 0 Å². The second kappa shape index (κ2) is 5.84. The minimum absolute atomic E-state index is 0. The second-order valence-corrected chi connectivity index (χ2v) is 4.50. The van der Waals surface area contributed by atoms with E-state index in [0.717, 1.165) is 11.1 Å². The van der Waals surface area contributed by atoms with Crippen molar-refractivity contribution in [2.45, 2.75) is 32.3 Å². The van der Waals surface area contributed by atoms with Crippen LogP contribution in [0.4, 0.5) is 0 Å². The molecule has 2 nitrogen and oxygen atoms in total. The number of unbranched alkanes of at least 4 members (excludes halogenated alkanes) is 2. The third-order valence-electron chi connectivity index (χ3n) is 2.47. The number of nitrogens with zero attached hydrogens (tertiary/aromatic N) is 1. The molecule has 1 aliphatic rings. The highest BCUT2D eigenvalue weighted by molar-refractivity contribution is 4.67. The summed E-state index contributed by atoms with van der Waals surface area (Å²) in [5.74, 6) is 0. The molecule has 3 heteroatoms. The maximum Gasteiger partial charge on any atom is 0.130 e. The summed E-state index contributed by atoms with van der Waals surface area (Å²) >= 11 is 0. The quantitative estimate of drug-likeness (QED) is 0.298. The number of quaternary nitrogens is 1. The molecule has 0 radical (unpaired) electrons. The normalized spacial score (nSPS) is 21.0. The van der Waals surface area contributed by atoms with Crippen molar-refractivity contribution in [3.63, 3.8) is 0 Å². The molecule has 1 rings (SSSR count). The van der Waals surface area contributed by atoms with Gasteiger partial charge in [-0.3, -0.25) is 0 Å². The number of rotatable bonds is 6. The lowest BCUT2D eigenvalue weighted by atomic mass is 10.2. The first-order chi connectivity index (χ1) is 5.64. The summed E-state index contributed by atoms with van der Waals surface area (Å²) in [6.07, 6.45) is 4.62. The molecule has 0 spiro atoms. The van der Waals surface area contributed by atoms with E-state index in [2.05, 4.69) is 21.0 Å². The second-order valence-electron chi connectivity index (χ2n) is 4.50. The van der Waals surface area contributed by atoms with Gasteiger partial charge in [0.25, 0.3) is 0 Å². The van der Waals surface area contributed by atoms with E-state index >= 15 is 0 Å². The van der Waals surface area contributed by atoms with Gasteiger partial charge in [-0.2, -0.15) is 0 Å². The highest BCUT2D eigenvalue weighted by Gasteiger charge is 2.30. The SMILES string of the molecule is CCCCC[N+](C)(C)CC1CO1.[Cl-]. The van der Waals surface area contributed by atoms with Gasteiger partial charge in [-0.05, 0) is 12.8 Å². The molecule has 1 saturated heterocycles. The Bertz CT molecular complexity index is 135. The first-order valence-corrected chi connectivity index (χ1v) is 5.07. The van der Waals surface area contributed by atoms with Crippen molar-refractivity contribution in [2.24, 2.45) is 0 Å². The van der Waals surface area contributed by atoms with Crippen LogP contribution >= 0.6 is 0 Å². The molecule has 0 N–H and O–H groups in total. The van der Waals surface area contributed by atoms with Gasteiger partial charge < -0.3 is 21.6 Å². The number of hydrogen-bond acceptors (Lipinski definition) is 1. The molecule has 0 aromatic carbocycles. The summed E-state index contributed by atoms with van der Waals surface area (Å²) in [5, 5.41) is 0. The number of likely N-dealkylation sites (N-methyl/N-ethyl adjacent to an activating group) is 1. The van der Waals surface area contributed by atoms with Crippen molar-refractivity contribution in [2.75, 3.05) is 33.8 Å². The summed E-state index contributed by atoms with van der Waals surface area (Å²) < 4.78 is 6.36. The minimum atomic E-state index is 0. The number of epoxide rings is 1. The van der Waals surface area contributed by atoms with Crippen molar-refractivity contribution >= 4 is 0 Å². The van der Waals surface area contributed by atoms with Gasteiger partial charge in [0.15, 0.2) is 0 Å². The monoisotopic (exact) mass is 207 g/mol. The van der Waals surface area contributed by atoms with Gasteiger partial charge >= 0.3 is 0 Å². The molecule has 0 amide bonds. The Kier molecular flexibility index (Phi) is 5.93. The predicted molar refractivity (Wildman–Crippen MR) is 51.1 cm³/mol. The van der Waals surface area contributed by atoms with E-state index < -0.39 is 0 Å². The highest BCUT2D eigenvalue weighted by atomic mass is 35.5. The predicted octanol–water partition coefficient (Wildman–Crippen LogP) is -1.34. The maximum atomic E-state index is 5.24. The maximum absolute atomic E-state index is 5.24. The van der Waals surface area contributed by atoms with Gasteiger partial charge in [-0.25, -0.2) is 0 Å². The Morgan fingerprint density at radius 1 is 1.31 bits per heavy atom. The van der Waals surface area contributed by atoms with Crippen LogP contribution in [0, 0.1) is 0 Å². The van der Waals surface area contributed by atoms with E-state index in [4.69, 9.17) is 4.74 Å². The average Bonchev–Trinajstić information content (AvgIpc) is 2.71. The molecule has 13 heavy (non-hydrogen) atoms. The Balaban J connectivity index is 0.00000144. The minimum Gasteiger partial charge on any atom is -1.00 e. The standard InChI is InChI=1S/C10H22NO.ClH/c1-4-5-6-7-11(2,3)8-10-9-12-10;/h10H,4-9H2,1-3H3;1H/q+1;/p-1. The van der Waals surface area contributed by atoms with Crippen molar-refractivity contribution in [1.82, 2.24) is 0 Å². The van der Waals surface area contributed by atoms with E-state index in [9.17, 15) is 0 Å². The largest absolute Gasteiger partial charge is 1.00 e. The van der Waals surface area contributed by atoms with Crippen molar-refractivity contribution in [3.8, 4) is 0 Å². The van der Waals surface area contributed by atoms with E-state index in [-0.39, 0.29) is 12.4 Å². The fourth-order valence-corrected chi connectivity index (χ4v) is 1.61. The van der Waals surface area contributed by atoms with Crippen LogP contribution in [-0.2, 0) is 4.74 Å². The molecule has 0 aromatic heterocycles. The van der Waals surface area contributed by atoms with Gasteiger partial charge in [0.05, 0.1) is 27.2 Å². The molecular weight excluding hydrogens is 186 g/mol. The fourth-order valence-electron chi connectivity index (χ4n) is 1.61. The Labute approximate surface area is 88.3 Å². The van der Waals surface area contributed by atoms with Crippen molar-refractivity contribution in [3.05, 3.63) is 0 Å². The molecule has 0 saturated carbocycles. The zero-order chi connectivity index (χ0) is 9.03. The smallest absolute Gasteiger partial charge is 0.130 e. The lowest BCUT2D eigenvalue weighted by Crippen LogP contribution is -3.00. The zero-order valence-corrected chi connectivity index (χ0v) is 9.81. The first-order valence-electron chi connectivity index (χ1n) is 5.07. The number of hydrogen-bond donors (Lipinski definition) is 0. The van der Waals surface area contributed by atoms with Crippen LogP contribution < -0.4 is 12.4 Å². The van der Waals surface area contributed by atoms with Gasteiger partial charge in [0.2, 0.25) is 0 Å². The van der Waals surface area contributed by atoms with Crippen LogP contribution in [0.3, 0.4) is 0 Å². The summed E-state index contributed by atoms with van der Waals surface area (Å²) in [6, 6.07) is 0. The van der Waals surface area contributed by atoms with Crippen molar-refractivity contribution < 1.29 is 21.6 Å². The van der Waals surface area contributed by atoms with E-state index in [1.165, 1.54) is 32.4 Å². The lowest BCUT2D eigenvalue weighted by Gasteiger charge is -2.29. The number of ether oxygens (including phenoxy) is 1. The molecule has 1 atom stereocenters. The third kappa shape index (κ3) is 6.30. The fraction of sp³-hybridized carbons (Fsp3) is 1.00. The Morgan fingerprint density at radius 3 is 2.38 bits per heavy atom. The Hall–Kier alpha value is 0.210. The van der Waals surface area contributed by atoms with Crippen LogP contribution in [0.5, 0.6) is 0 Å². The third-order valence-corrected chi connectivity index (χ3v) is 2.47. The first kappa shape index (κ1) is 13.2. The van der Waals surface area contributed by atoms with Crippen LogP contribution in [0.1, 0.15) is 26.2 Å². The van der Waals surface area contributed by atoms with E-state index in [0.29, 0.717) is 6.10 Å². The zero-order valence-electron chi connectivity index (χ0n) is 9.05. The molecule has 0 aliphatic carbocycles. The molecule has 0 bridgehead atoms. The summed E-state index contributed by atoms with van der Waals surface area (Å²) in [7, 11) is 4.61. The number of halogens is 1. The van der Waals surface area contributed by atoms with E-state index in [1.807, 2.05) is 0 Å². The molecule has 80 valence electrons. The summed E-state index contributed by atoms with van der Waals surface area (Å²) in [4.78, 5) is 0. The average molecular weight is 208 g/mol. The summed E-state index contributed by atoms with van der Waals surface area (Å²) in [5.41, 5.74) is 0. The topological polar surface area (TPSA) is 12.5 Å².